The summed E-state index contributed by atoms with van der Waals surface area (Å²) in [4.78, 5) is 26.6. The Labute approximate surface area is 151 Å². The van der Waals surface area contributed by atoms with Gasteiger partial charge >= 0.3 is 5.97 Å². The fourth-order valence-corrected chi connectivity index (χ4v) is 2.74. The van der Waals surface area contributed by atoms with Gasteiger partial charge in [-0.15, -0.1) is 0 Å². The number of H-pyrrole nitrogens is 1. The number of benzene rings is 2. The molecule has 5 heteroatoms. The molecule has 26 heavy (non-hydrogen) atoms. The standard InChI is InChI=1S/C21H18N2O3/c1-14-17(12-13-18(24)22-16-10-6-3-7-11-16)20(21(25)26)23-19(14)15-8-4-2-5-9-15/h2-13,23H,1H3,(H,22,24)(H,25,26)/b13-12+. The van der Waals surface area contributed by atoms with Crippen molar-refractivity contribution < 1.29 is 14.7 Å². The van der Waals surface area contributed by atoms with Gasteiger partial charge in [0.15, 0.2) is 0 Å². The number of anilines is 1. The maximum Gasteiger partial charge on any atom is 0.352 e. The first-order chi connectivity index (χ1) is 12.6. The predicted octanol–water partition coefficient (Wildman–Crippen LogP) is 4.34. The third-order valence-corrected chi connectivity index (χ3v) is 4.02. The Bertz CT molecular complexity index is 958. The third kappa shape index (κ3) is 3.72. The molecule has 0 spiro atoms. The maximum atomic E-state index is 12.1. The Balaban J connectivity index is 1.90. The zero-order valence-corrected chi connectivity index (χ0v) is 14.2. The molecule has 5 nitrogen and oxygen atoms in total. The lowest BCUT2D eigenvalue weighted by atomic mass is 10.0. The van der Waals surface area contributed by atoms with E-state index in [0.717, 1.165) is 16.8 Å². The molecule has 1 heterocycles. The number of aromatic carboxylic acids is 1. The van der Waals surface area contributed by atoms with Crippen LogP contribution in [0.2, 0.25) is 0 Å². The maximum absolute atomic E-state index is 12.1. The van der Waals surface area contributed by atoms with Gasteiger partial charge in [-0.2, -0.15) is 0 Å². The quantitative estimate of drug-likeness (QED) is 0.601. The van der Waals surface area contributed by atoms with Crippen molar-refractivity contribution in [1.29, 1.82) is 0 Å². The van der Waals surface area contributed by atoms with Crippen molar-refractivity contribution in [2.75, 3.05) is 5.32 Å². The van der Waals surface area contributed by atoms with Crippen LogP contribution in [-0.4, -0.2) is 22.0 Å². The fourth-order valence-electron chi connectivity index (χ4n) is 2.74. The molecular weight excluding hydrogens is 328 g/mol. The number of amides is 1. The Kier molecular flexibility index (Phi) is 4.99. The van der Waals surface area contributed by atoms with Crippen molar-refractivity contribution in [3.05, 3.63) is 83.6 Å². The van der Waals surface area contributed by atoms with Crippen LogP contribution in [0.1, 0.15) is 21.6 Å². The van der Waals surface area contributed by atoms with E-state index in [0.29, 0.717) is 11.3 Å². The molecule has 0 aliphatic rings. The van der Waals surface area contributed by atoms with Gasteiger partial charge in [-0.25, -0.2) is 4.79 Å². The van der Waals surface area contributed by atoms with E-state index in [9.17, 15) is 14.7 Å². The number of carboxylic acid groups (broad SMARTS) is 1. The number of rotatable bonds is 5. The minimum Gasteiger partial charge on any atom is -0.477 e. The second kappa shape index (κ2) is 7.53. The van der Waals surface area contributed by atoms with Gasteiger partial charge in [0.25, 0.3) is 0 Å². The van der Waals surface area contributed by atoms with Gasteiger partial charge in [-0.05, 0) is 36.3 Å². The first kappa shape index (κ1) is 17.2. The van der Waals surface area contributed by atoms with Crippen molar-refractivity contribution in [3.63, 3.8) is 0 Å². The average Bonchev–Trinajstić information content (AvgIpc) is 2.98. The summed E-state index contributed by atoms with van der Waals surface area (Å²) in [6, 6.07) is 18.5. The summed E-state index contributed by atoms with van der Waals surface area (Å²) in [6.07, 6.45) is 2.87. The van der Waals surface area contributed by atoms with Crippen molar-refractivity contribution in [2.24, 2.45) is 0 Å². The van der Waals surface area contributed by atoms with E-state index in [1.807, 2.05) is 55.5 Å². The van der Waals surface area contributed by atoms with Gasteiger partial charge in [0.05, 0.1) is 0 Å². The second-order valence-electron chi connectivity index (χ2n) is 5.77. The lowest BCUT2D eigenvalue weighted by Gasteiger charge is -2.01. The van der Waals surface area contributed by atoms with Crippen LogP contribution in [0, 0.1) is 6.92 Å². The number of carbonyl (C=O) groups is 2. The largest absolute Gasteiger partial charge is 0.477 e. The van der Waals surface area contributed by atoms with E-state index in [1.54, 1.807) is 12.1 Å². The molecule has 0 aliphatic carbocycles. The summed E-state index contributed by atoms with van der Waals surface area (Å²) in [5.74, 6) is -1.40. The number of carboxylic acids is 1. The smallest absolute Gasteiger partial charge is 0.352 e. The molecule has 1 amide bonds. The van der Waals surface area contributed by atoms with Crippen molar-refractivity contribution in [3.8, 4) is 11.3 Å². The van der Waals surface area contributed by atoms with Gasteiger partial charge in [-0.3, -0.25) is 4.79 Å². The Morgan fingerprint density at radius 1 is 1.00 bits per heavy atom. The highest BCUT2D eigenvalue weighted by molar-refractivity contribution is 6.03. The van der Waals surface area contributed by atoms with E-state index >= 15 is 0 Å². The molecule has 2 aromatic carbocycles. The molecular formula is C21H18N2O3. The lowest BCUT2D eigenvalue weighted by molar-refractivity contribution is -0.111. The van der Waals surface area contributed by atoms with E-state index in [2.05, 4.69) is 10.3 Å². The molecule has 130 valence electrons. The van der Waals surface area contributed by atoms with Crippen LogP contribution in [0.3, 0.4) is 0 Å². The molecule has 0 aliphatic heterocycles. The first-order valence-corrected chi connectivity index (χ1v) is 8.11. The van der Waals surface area contributed by atoms with Crippen LogP contribution in [0.15, 0.2) is 66.7 Å². The molecule has 0 radical (unpaired) electrons. The van der Waals surface area contributed by atoms with Crippen LogP contribution >= 0.6 is 0 Å². The molecule has 0 saturated heterocycles. The van der Waals surface area contributed by atoms with Crippen molar-refractivity contribution in [1.82, 2.24) is 4.98 Å². The number of nitrogens with one attached hydrogen (secondary N) is 2. The van der Waals surface area contributed by atoms with Gasteiger partial charge in [0.1, 0.15) is 5.69 Å². The molecule has 3 aromatic rings. The number of hydrogen-bond acceptors (Lipinski definition) is 2. The highest BCUT2D eigenvalue weighted by Gasteiger charge is 2.18. The second-order valence-corrected chi connectivity index (χ2v) is 5.77. The number of aromatic nitrogens is 1. The minimum atomic E-state index is -1.07. The summed E-state index contributed by atoms with van der Waals surface area (Å²) in [5.41, 5.74) is 3.62. The SMILES string of the molecule is Cc1c(-c2ccccc2)[nH]c(C(=O)O)c1/C=C/C(=O)Nc1ccccc1. The monoisotopic (exact) mass is 346 g/mol. The predicted molar refractivity (Wildman–Crippen MR) is 102 cm³/mol. The van der Waals surface area contributed by atoms with Crippen LogP contribution in [0.25, 0.3) is 17.3 Å². The van der Waals surface area contributed by atoms with Crippen molar-refractivity contribution in [2.45, 2.75) is 6.92 Å². The Morgan fingerprint density at radius 2 is 1.62 bits per heavy atom. The molecule has 3 N–H and O–H groups in total. The summed E-state index contributed by atoms with van der Waals surface area (Å²) in [6.45, 7) is 1.83. The van der Waals surface area contributed by atoms with E-state index in [-0.39, 0.29) is 11.6 Å². The highest BCUT2D eigenvalue weighted by Crippen LogP contribution is 2.28. The fraction of sp³-hybridized carbons (Fsp3) is 0.0476. The van der Waals surface area contributed by atoms with Gasteiger partial charge in [0.2, 0.25) is 5.91 Å². The summed E-state index contributed by atoms with van der Waals surface area (Å²) in [7, 11) is 0. The Morgan fingerprint density at radius 3 is 2.23 bits per heavy atom. The summed E-state index contributed by atoms with van der Waals surface area (Å²) in [5, 5.41) is 12.2. The molecule has 0 saturated carbocycles. The molecule has 0 bridgehead atoms. The van der Waals surface area contributed by atoms with Gasteiger partial charge in [-0.1, -0.05) is 48.5 Å². The van der Waals surface area contributed by atoms with Gasteiger partial charge < -0.3 is 15.4 Å². The van der Waals surface area contributed by atoms with E-state index < -0.39 is 5.97 Å². The highest BCUT2D eigenvalue weighted by atomic mass is 16.4. The van der Waals surface area contributed by atoms with Gasteiger partial charge in [0, 0.05) is 23.0 Å². The van der Waals surface area contributed by atoms with E-state index in [1.165, 1.54) is 12.2 Å². The minimum absolute atomic E-state index is 0.0603. The topological polar surface area (TPSA) is 82.2 Å². The van der Waals surface area contributed by atoms with Crippen molar-refractivity contribution >= 4 is 23.6 Å². The van der Waals surface area contributed by atoms with Crippen LogP contribution in [0.5, 0.6) is 0 Å². The lowest BCUT2D eigenvalue weighted by Crippen LogP contribution is -2.07. The zero-order chi connectivity index (χ0) is 18.5. The normalized spacial score (nSPS) is 10.8. The third-order valence-electron chi connectivity index (χ3n) is 4.02. The molecule has 0 atom stereocenters. The summed E-state index contributed by atoms with van der Waals surface area (Å²) < 4.78 is 0. The first-order valence-electron chi connectivity index (χ1n) is 8.11. The van der Waals surface area contributed by atoms with E-state index in [4.69, 9.17) is 0 Å². The molecule has 0 unspecified atom stereocenters. The molecule has 0 fully saturated rings. The van der Waals surface area contributed by atoms with Crippen LogP contribution in [0.4, 0.5) is 5.69 Å². The Hall–Kier alpha value is -3.60. The van der Waals surface area contributed by atoms with Crippen LogP contribution < -0.4 is 5.32 Å². The zero-order valence-electron chi connectivity index (χ0n) is 14.2. The number of para-hydroxylation sites is 1. The average molecular weight is 346 g/mol. The van der Waals surface area contributed by atoms with Crippen LogP contribution in [-0.2, 0) is 4.79 Å². The number of carbonyl (C=O) groups excluding carboxylic acids is 1. The molecule has 1 aromatic heterocycles. The number of aromatic amines is 1. The molecule has 3 rings (SSSR count). The number of hydrogen-bond donors (Lipinski definition) is 3. The summed E-state index contributed by atoms with van der Waals surface area (Å²) >= 11 is 0.